The van der Waals surface area contributed by atoms with Crippen LogP contribution in [0, 0.1) is 5.92 Å². The number of hydrogen-bond donors (Lipinski definition) is 2. The number of hydrogen-bond acceptors (Lipinski definition) is 4. The Morgan fingerprint density at radius 1 is 1.20 bits per heavy atom. The number of anilines is 1. The van der Waals surface area contributed by atoms with E-state index in [1.807, 2.05) is 36.2 Å². The number of benzene rings is 1. The number of rotatable bonds is 2. The molecule has 20 heavy (non-hydrogen) atoms. The number of amides is 2. The fraction of sp³-hybridized carbons (Fsp3) is 0.357. The maximum Gasteiger partial charge on any atom is 0.240 e. The second-order valence-electron chi connectivity index (χ2n) is 5.12. The predicted molar refractivity (Wildman–Crippen MR) is 75.0 cm³/mol. The minimum atomic E-state index is -0.0438. The van der Waals surface area contributed by atoms with Crippen LogP contribution in [0.25, 0.3) is 0 Å². The van der Waals surface area contributed by atoms with Gasteiger partial charge in [0.15, 0.2) is 0 Å². The molecular formula is C14H16N4O2. The third kappa shape index (κ3) is 2.36. The van der Waals surface area contributed by atoms with Gasteiger partial charge in [0.1, 0.15) is 0 Å². The van der Waals surface area contributed by atoms with E-state index in [0.717, 1.165) is 17.0 Å². The van der Waals surface area contributed by atoms with Gasteiger partial charge in [0.25, 0.3) is 0 Å². The van der Waals surface area contributed by atoms with E-state index in [4.69, 9.17) is 0 Å². The maximum atomic E-state index is 11.2. The molecule has 0 spiro atoms. The van der Waals surface area contributed by atoms with Gasteiger partial charge >= 0.3 is 0 Å². The first kappa shape index (κ1) is 12.7. The van der Waals surface area contributed by atoms with E-state index in [0.29, 0.717) is 19.4 Å². The van der Waals surface area contributed by atoms with Crippen molar-refractivity contribution in [3.63, 3.8) is 0 Å². The Balaban J connectivity index is 1.79. The normalized spacial score (nSPS) is 22.4. The summed E-state index contributed by atoms with van der Waals surface area (Å²) in [5, 5.41) is 5.97. The SMILES string of the molecule is CC1CC(=O)NN=C1c1ccc(N2CCC(=O)N2)cc1. The van der Waals surface area contributed by atoms with Crippen molar-refractivity contribution >= 4 is 23.2 Å². The van der Waals surface area contributed by atoms with E-state index >= 15 is 0 Å². The van der Waals surface area contributed by atoms with Crippen molar-refractivity contribution < 1.29 is 9.59 Å². The molecule has 1 aromatic rings. The highest BCUT2D eigenvalue weighted by Crippen LogP contribution is 2.21. The molecule has 1 atom stereocenters. The number of nitrogens with one attached hydrogen (secondary N) is 2. The molecule has 0 saturated carbocycles. The van der Waals surface area contributed by atoms with Crippen LogP contribution in [0.3, 0.4) is 0 Å². The number of nitrogens with zero attached hydrogens (tertiary/aromatic N) is 2. The van der Waals surface area contributed by atoms with Crippen molar-refractivity contribution in [2.75, 3.05) is 11.6 Å². The van der Waals surface area contributed by atoms with Crippen molar-refractivity contribution in [3.8, 4) is 0 Å². The highest BCUT2D eigenvalue weighted by Gasteiger charge is 2.22. The predicted octanol–water partition coefficient (Wildman–Crippen LogP) is 0.788. The number of carbonyl (C=O) groups excluding carboxylic acids is 2. The van der Waals surface area contributed by atoms with Crippen LogP contribution < -0.4 is 15.9 Å². The van der Waals surface area contributed by atoms with E-state index in [2.05, 4.69) is 16.0 Å². The van der Waals surface area contributed by atoms with Gasteiger partial charge in [-0.05, 0) is 17.7 Å². The average Bonchev–Trinajstić information content (AvgIpc) is 2.86. The molecule has 0 bridgehead atoms. The molecule has 104 valence electrons. The second-order valence-corrected chi connectivity index (χ2v) is 5.12. The van der Waals surface area contributed by atoms with E-state index in [-0.39, 0.29) is 17.7 Å². The standard InChI is InChI=1S/C14H16N4O2/c1-9-8-13(20)15-16-14(9)10-2-4-11(5-3-10)18-7-6-12(19)17-18/h2-5,9H,6-8H2,1H3,(H,15,20)(H,17,19). The molecule has 2 aliphatic rings. The maximum absolute atomic E-state index is 11.2. The molecule has 1 saturated heterocycles. The van der Waals surface area contributed by atoms with Gasteiger partial charge in [-0.3, -0.25) is 20.0 Å². The van der Waals surface area contributed by atoms with E-state index in [1.165, 1.54) is 0 Å². The third-order valence-electron chi connectivity index (χ3n) is 3.56. The van der Waals surface area contributed by atoms with Crippen LogP contribution >= 0.6 is 0 Å². The van der Waals surface area contributed by atoms with Gasteiger partial charge in [-0.25, -0.2) is 5.43 Å². The number of hydrazone groups is 1. The van der Waals surface area contributed by atoms with Gasteiger partial charge in [0.05, 0.1) is 11.4 Å². The van der Waals surface area contributed by atoms with Crippen molar-refractivity contribution in [1.29, 1.82) is 0 Å². The molecule has 0 aliphatic carbocycles. The van der Waals surface area contributed by atoms with Crippen LogP contribution in [0.1, 0.15) is 25.3 Å². The van der Waals surface area contributed by atoms with Crippen molar-refractivity contribution in [2.24, 2.45) is 11.0 Å². The van der Waals surface area contributed by atoms with Crippen LogP contribution in [-0.2, 0) is 9.59 Å². The van der Waals surface area contributed by atoms with Crippen LogP contribution in [0.15, 0.2) is 29.4 Å². The molecule has 1 fully saturated rings. The molecule has 1 aromatic carbocycles. The largest absolute Gasteiger partial charge is 0.285 e. The summed E-state index contributed by atoms with van der Waals surface area (Å²) in [6, 6.07) is 7.83. The summed E-state index contributed by atoms with van der Waals surface area (Å²) < 4.78 is 0. The molecular weight excluding hydrogens is 256 g/mol. The fourth-order valence-corrected chi connectivity index (χ4v) is 2.48. The summed E-state index contributed by atoms with van der Waals surface area (Å²) in [5.74, 6) is 0.112. The zero-order chi connectivity index (χ0) is 14.1. The molecule has 2 aliphatic heterocycles. The Kier molecular flexibility index (Phi) is 3.14. The monoisotopic (exact) mass is 272 g/mol. The van der Waals surface area contributed by atoms with Gasteiger partial charge < -0.3 is 0 Å². The Labute approximate surface area is 116 Å². The minimum absolute atomic E-state index is 0.0436. The summed E-state index contributed by atoms with van der Waals surface area (Å²) in [4.78, 5) is 22.4. The van der Waals surface area contributed by atoms with Crippen LogP contribution in [0.5, 0.6) is 0 Å². The summed E-state index contributed by atoms with van der Waals surface area (Å²) in [6.45, 7) is 2.68. The smallest absolute Gasteiger partial charge is 0.240 e. The number of carbonyl (C=O) groups is 2. The lowest BCUT2D eigenvalue weighted by Gasteiger charge is -2.21. The first-order valence-electron chi connectivity index (χ1n) is 6.67. The summed E-state index contributed by atoms with van der Waals surface area (Å²) in [6.07, 6.45) is 0.986. The van der Waals surface area contributed by atoms with Crippen molar-refractivity contribution in [2.45, 2.75) is 19.8 Å². The molecule has 2 amide bonds. The summed E-state index contributed by atoms with van der Waals surface area (Å²) >= 11 is 0. The van der Waals surface area contributed by atoms with Crippen LogP contribution in [0.4, 0.5) is 5.69 Å². The molecule has 2 heterocycles. The zero-order valence-corrected chi connectivity index (χ0v) is 11.2. The molecule has 6 heteroatoms. The van der Waals surface area contributed by atoms with E-state index < -0.39 is 0 Å². The molecule has 3 rings (SSSR count). The Bertz CT molecular complexity index is 579. The highest BCUT2D eigenvalue weighted by molar-refractivity contribution is 6.05. The molecule has 0 radical (unpaired) electrons. The summed E-state index contributed by atoms with van der Waals surface area (Å²) in [5.41, 5.74) is 8.14. The summed E-state index contributed by atoms with van der Waals surface area (Å²) in [7, 11) is 0. The van der Waals surface area contributed by atoms with Gasteiger partial charge in [-0.1, -0.05) is 19.1 Å². The molecule has 1 unspecified atom stereocenters. The first-order valence-corrected chi connectivity index (χ1v) is 6.67. The minimum Gasteiger partial charge on any atom is -0.285 e. The average molecular weight is 272 g/mol. The van der Waals surface area contributed by atoms with Crippen LogP contribution in [0.2, 0.25) is 0 Å². The molecule has 6 nitrogen and oxygen atoms in total. The Morgan fingerprint density at radius 2 is 1.95 bits per heavy atom. The first-order chi connectivity index (χ1) is 9.63. The lowest BCUT2D eigenvalue weighted by Crippen LogP contribution is -2.33. The van der Waals surface area contributed by atoms with Crippen molar-refractivity contribution in [3.05, 3.63) is 29.8 Å². The fourth-order valence-electron chi connectivity index (χ4n) is 2.48. The van der Waals surface area contributed by atoms with Crippen LogP contribution in [-0.4, -0.2) is 24.1 Å². The molecule has 0 aromatic heterocycles. The van der Waals surface area contributed by atoms with E-state index in [9.17, 15) is 9.59 Å². The topological polar surface area (TPSA) is 73.8 Å². The lowest BCUT2D eigenvalue weighted by atomic mass is 9.94. The lowest BCUT2D eigenvalue weighted by molar-refractivity contribution is -0.122. The van der Waals surface area contributed by atoms with Gasteiger partial charge in [0, 0.05) is 25.3 Å². The third-order valence-corrected chi connectivity index (χ3v) is 3.56. The Morgan fingerprint density at radius 3 is 2.55 bits per heavy atom. The van der Waals surface area contributed by atoms with Gasteiger partial charge in [-0.2, -0.15) is 5.10 Å². The quantitative estimate of drug-likeness (QED) is 0.836. The second kappa shape index (κ2) is 4.96. The van der Waals surface area contributed by atoms with Gasteiger partial charge in [0.2, 0.25) is 11.8 Å². The van der Waals surface area contributed by atoms with Gasteiger partial charge in [-0.15, -0.1) is 0 Å². The highest BCUT2D eigenvalue weighted by atomic mass is 16.2. The zero-order valence-electron chi connectivity index (χ0n) is 11.2. The number of hydrazine groups is 1. The Hall–Kier alpha value is -2.37. The molecule has 2 N–H and O–H groups in total. The van der Waals surface area contributed by atoms with E-state index in [1.54, 1.807) is 0 Å². The van der Waals surface area contributed by atoms with Crippen molar-refractivity contribution in [1.82, 2.24) is 10.9 Å².